The molecule has 0 unspecified atom stereocenters. The molecule has 1 atom stereocenters. The van der Waals surface area contributed by atoms with E-state index in [4.69, 9.17) is 32.7 Å². The second kappa shape index (κ2) is 9.81. The summed E-state index contributed by atoms with van der Waals surface area (Å²) < 4.78 is 10.5. The van der Waals surface area contributed by atoms with Gasteiger partial charge in [0.1, 0.15) is 11.3 Å². The molecule has 1 heterocycles. The first-order valence-electron chi connectivity index (χ1n) is 9.37. The minimum absolute atomic E-state index is 0.107. The van der Waals surface area contributed by atoms with E-state index in [2.05, 4.69) is 10.3 Å². The molecule has 1 amide bonds. The number of hydrogen-bond donors (Lipinski definition) is 1. The van der Waals surface area contributed by atoms with Gasteiger partial charge in [0.05, 0.1) is 23.7 Å². The zero-order valence-electron chi connectivity index (χ0n) is 17.1. The molecule has 160 valence electrons. The van der Waals surface area contributed by atoms with Crippen molar-refractivity contribution in [3.05, 3.63) is 87.0 Å². The van der Waals surface area contributed by atoms with Gasteiger partial charge in [-0.1, -0.05) is 41.4 Å². The van der Waals surface area contributed by atoms with Crippen LogP contribution in [-0.2, 0) is 4.74 Å². The van der Waals surface area contributed by atoms with Crippen molar-refractivity contribution in [2.45, 2.75) is 19.9 Å². The Labute approximate surface area is 190 Å². The third-order valence-corrected chi connectivity index (χ3v) is 5.21. The summed E-state index contributed by atoms with van der Waals surface area (Å²) >= 11 is 12.2. The van der Waals surface area contributed by atoms with Crippen molar-refractivity contribution in [1.29, 1.82) is 0 Å². The van der Waals surface area contributed by atoms with Crippen LogP contribution in [0.15, 0.2) is 54.7 Å². The van der Waals surface area contributed by atoms with Crippen molar-refractivity contribution >= 4 is 35.1 Å². The van der Waals surface area contributed by atoms with Gasteiger partial charge in [0.15, 0.2) is 0 Å². The number of methoxy groups -OCH3 is 1. The Kier molecular flexibility index (Phi) is 7.15. The fourth-order valence-electron chi connectivity index (χ4n) is 2.80. The van der Waals surface area contributed by atoms with E-state index < -0.39 is 11.9 Å². The maximum absolute atomic E-state index is 12.9. The Balaban J connectivity index is 1.79. The molecule has 31 heavy (non-hydrogen) atoms. The first-order valence-corrected chi connectivity index (χ1v) is 10.1. The summed E-state index contributed by atoms with van der Waals surface area (Å²) in [6.45, 7) is 3.70. The van der Waals surface area contributed by atoms with Gasteiger partial charge in [-0.3, -0.25) is 4.79 Å². The first-order chi connectivity index (χ1) is 14.8. The van der Waals surface area contributed by atoms with Gasteiger partial charge in [0, 0.05) is 11.2 Å². The molecular weight excluding hydrogens is 439 g/mol. The third-order valence-electron chi connectivity index (χ3n) is 4.60. The number of aromatic nitrogens is 1. The molecule has 0 fully saturated rings. The van der Waals surface area contributed by atoms with Gasteiger partial charge in [-0.2, -0.15) is 0 Å². The molecule has 0 aliphatic rings. The maximum Gasteiger partial charge on any atom is 0.337 e. The number of rotatable bonds is 6. The predicted octanol–water partition coefficient (Wildman–Crippen LogP) is 5.77. The molecule has 0 bridgehead atoms. The molecule has 1 N–H and O–H groups in total. The number of carbonyl (C=O) groups excluding carboxylic acids is 2. The minimum atomic E-state index is -0.425. The standard InChI is InChI=1S/C23H20Cl2N2O4/c1-13-4-9-18(11-20(13)25)31-22-19(10-17(24)12-26-22)21(28)27-14(2)15-5-7-16(8-6-15)23(29)30-3/h4-12,14H,1-3H3,(H,27,28)/t14-/m0/s1. The average molecular weight is 459 g/mol. The number of pyridine rings is 1. The van der Waals surface area contributed by atoms with E-state index in [-0.39, 0.29) is 17.5 Å². The van der Waals surface area contributed by atoms with E-state index in [0.717, 1.165) is 11.1 Å². The highest BCUT2D eigenvalue weighted by Gasteiger charge is 2.19. The lowest BCUT2D eigenvalue weighted by Gasteiger charge is -2.16. The van der Waals surface area contributed by atoms with Crippen LogP contribution in [0, 0.1) is 6.92 Å². The number of nitrogens with zero attached hydrogens (tertiary/aromatic N) is 1. The minimum Gasteiger partial charge on any atom is -0.465 e. The quantitative estimate of drug-likeness (QED) is 0.474. The maximum atomic E-state index is 12.9. The molecule has 0 spiro atoms. The van der Waals surface area contributed by atoms with Crippen molar-refractivity contribution in [1.82, 2.24) is 10.3 Å². The number of aryl methyl sites for hydroxylation is 1. The number of ether oxygens (including phenoxy) is 2. The van der Waals surface area contributed by atoms with E-state index in [0.29, 0.717) is 21.4 Å². The number of amides is 1. The molecule has 0 aliphatic heterocycles. The molecule has 0 saturated carbocycles. The molecule has 2 aromatic carbocycles. The Morgan fingerprint density at radius 3 is 2.42 bits per heavy atom. The lowest BCUT2D eigenvalue weighted by Crippen LogP contribution is -2.27. The van der Waals surface area contributed by atoms with E-state index in [9.17, 15) is 9.59 Å². The second-order valence-electron chi connectivity index (χ2n) is 6.83. The number of esters is 1. The smallest absolute Gasteiger partial charge is 0.337 e. The molecule has 8 heteroatoms. The van der Waals surface area contributed by atoms with Gasteiger partial charge < -0.3 is 14.8 Å². The molecule has 0 aliphatic carbocycles. The molecule has 1 aromatic heterocycles. The van der Waals surface area contributed by atoms with Crippen molar-refractivity contribution in [3.63, 3.8) is 0 Å². The first kappa shape index (κ1) is 22.6. The zero-order chi connectivity index (χ0) is 22.5. The average Bonchev–Trinajstić information content (AvgIpc) is 2.77. The van der Waals surface area contributed by atoms with Gasteiger partial charge >= 0.3 is 5.97 Å². The van der Waals surface area contributed by atoms with Gasteiger partial charge in [-0.15, -0.1) is 0 Å². The van der Waals surface area contributed by atoms with Crippen molar-refractivity contribution in [2.24, 2.45) is 0 Å². The molecule has 0 radical (unpaired) electrons. The van der Waals surface area contributed by atoms with Gasteiger partial charge in [-0.25, -0.2) is 9.78 Å². The van der Waals surface area contributed by atoms with Gasteiger partial charge in [-0.05, 0) is 55.3 Å². The lowest BCUT2D eigenvalue weighted by atomic mass is 10.1. The van der Waals surface area contributed by atoms with Crippen molar-refractivity contribution < 1.29 is 19.1 Å². The van der Waals surface area contributed by atoms with Crippen LogP contribution in [0.2, 0.25) is 10.0 Å². The summed E-state index contributed by atoms with van der Waals surface area (Å²) in [5, 5.41) is 3.73. The van der Waals surface area contributed by atoms with Crippen LogP contribution < -0.4 is 10.1 Å². The Morgan fingerprint density at radius 1 is 1.06 bits per heavy atom. The van der Waals surface area contributed by atoms with E-state index in [1.54, 1.807) is 36.4 Å². The summed E-state index contributed by atoms with van der Waals surface area (Å²) in [6, 6.07) is 13.1. The van der Waals surface area contributed by atoms with Crippen LogP contribution in [0.5, 0.6) is 11.6 Å². The van der Waals surface area contributed by atoms with Gasteiger partial charge in [0.2, 0.25) is 5.88 Å². The predicted molar refractivity (Wildman–Crippen MR) is 119 cm³/mol. The van der Waals surface area contributed by atoms with Crippen molar-refractivity contribution in [3.8, 4) is 11.6 Å². The number of halogens is 2. The number of hydrogen-bond acceptors (Lipinski definition) is 5. The van der Waals surface area contributed by atoms with Crippen LogP contribution in [0.25, 0.3) is 0 Å². The van der Waals surface area contributed by atoms with E-state index in [1.807, 2.05) is 19.9 Å². The molecule has 0 saturated heterocycles. The third kappa shape index (κ3) is 5.54. The summed E-state index contributed by atoms with van der Waals surface area (Å²) in [6.07, 6.45) is 1.40. The fraction of sp³-hybridized carbons (Fsp3) is 0.174. The van der Waals surface area contributed by atoms with Gasteiger partial charge in [0.25, 0.3) is 5.91 Å². The van der Waals surface area contributed by atoms with Crippen LogP contribution in [0.1, 0.15) is 44.8 Å². The molecule has 6 nitrogen and oxygen atoms in total. The summed E-state index contributed by atoms with van der Waals surface area (Å²) in [5.41, 5.74) is 2.32. The monoisotopic (exact) mass is 458 g/mol. The molecule has 3 rings (SSSR count). The highest BCUT2D eigenvalue weighted by molar-refractivity contribution is 6.31. The number of nitrogens with one attached hydrogen (secondary N) is 1. The van der Waals surface area contributed by atoms with Crippen LogP contribution in [0.4, 0.5) is 0 Å². The van der Waals surface area contributed by atoms with E-state index >= 15 is 0 Å². The Hall–Kier alpha value is -3.09. The Morgan fingerprint density at radius 2 is 1.77 bits per heavy atom. The highest BCUT2D eigenvalue weighted by Crippen LogP contribution is 2.29. The largest absolute Gasteiger partial charge is 0.465 e. The summed E-state index contributed by atoms with van der Waals surface area (Å²) in [7, 11) is 1.32. The lowest BCUT2D eigenvalue weighted by molar-refractivity contribution is 0.0600. The topological polar surface area (TPSA) is 77.5 Å². The van der Waals surface area contributed by atoms with E-state index in [1.165, 1.54) is 19.4 Å². The van der Waals surface area contributed by atoms with Crippen LogP contribution >= 0.6 is 23.2 Å². The summed E-state index contributed by atoms with van der Waals surface area (Å²) in [5.74, 6) is -0.278. The van der Waals surface area contributed by atoms with Crippen molar-refractivity contribution in [2.75, 3.05) is 7.11 Å². The zero-order valence-corrected chi connectivity index (χ0v) is 18.6. The molecular formula is C23H20Cl2N2O4. The SMILES string of the molecule is COC(=O)c1ccc([C@H](C)NC(=O)c2cc(Cl)cnc2Oc2ccc(C)c(Cl)c2)cc1. The van der Waals surface area contributed by atoms with Crippen LogP contribution in [0.3, 0.4) is 0 Å². The number of benzene rings is 2. The number of carbonyl (C=O) groups is 2. The normalized spacial score (nSPS) is 11.5. The Bertz CT molecular complexity index is 1120. The van der Waals surface area contributed by atoms with Crippen LogP contribution in [-0.4, -0.2) is 24.0 Å². The fourth-order valence-corrected chi connectivity index (χ4v) is 3.13. The second-order valence-corrected chi connectivity index (χ2v) is 7.67. The highest BCUT2D eigenvalue weighted by atomic mass is 35.5. The molecule has 3 aromatic rings. The summed E-state index contributed by atoms with van der Waals surface area (Å²) in [4.78, 5) is 28.7.